The Labute approximate surface area is 130 Å². The zero-order chi connectivity index (χ0) is 15.6. The minimum absolute atomic E-state index is 0.0227. The van der Waals surface area contributed by atoms with E-state index in [1.165, 1.54) is 0 Å². The van der Waals surface area contributed by atoms with Crippen molar-refractivity contribution in [3.05, 3.63) is 35.4 Å². The van der Waals surface area contributed by atoms with Crippen LogP contribution < -0.4 is 5.32 Å². The summed E-state index contributed by atoms with van der Waals surface area (Å²) >= 11 is 0. The lowest BCUT2D eigenvalue weighted by Crippen LogP contribution is -2.65. The molecule has 0 unspecified atom stereocenters. The fourth-order valence-electron chi connectivity index (χ4n) is 3.66. The topological polar surface area (TPSA) is 67.8 Å². The Kier molecular flexibility index (Phi) is 4.47. The van der Waals surface area contributed by atoms with Gasteiger partial charge in [0, 0.05) is 37.3 Å². The summed E-state index contributed by atoms with van der Waals surface area (Å²) < 4.78 is 10.6. The molecule has 5 nitrogen and oxygen atoms in total. The predicted molar refractivity (Wildman–Crippen MR) is 81.5 cm³/mol. The molecule has 3 rings (SSSR count). The molecular weight excluding hydrogens is 282 g/mol. The van der Waals surface area contributed by atoms with Gasteiger partial charge in [0.1, 0.15) is 0 Å². The van der Waals surface area contributed by atoms with Gasteiger partial charge in [-0.25, -0.2) is 0 Å². The molecule has 120 valence electrons. The fraction of sp³-hybridized carbons (Fsp3) is 0.588. The van der Waals surface area contributed by atoms with Crippen molar-refractivity contribution < 1.29 is 19.4 Å². The molecule has 2 N–H and O–H groups in total. The third-order valence-corrected chi connectivity index (χ3v) is 5.11. The number of carbonyl (C=O) groups is 1. The van der Waals surface area contributed by atoms with Crippen LogP contribution in [0.1, 0.15) is 35.2 Å². The largest absolute Gasteiger partial charge is 0.392 e. The van der Waals surface area contributed by atoms with Gasteiger partial charge in [0.15, 0.2) is 0 Å². The van der Waals surface area contributed by atoms with Gasteiger partial charge in [-0.2, -0.15) is 0 Å². The molecule has 1 aromatic rings. The second-order valence-corrected chi connectivity index (χ2v) is 6.21. The van der Waals surface area contributed by atoms with Gasteiger partial charge in [-0.3, -0.25) is 4.79 Å². The molecule has 1 saturated heterocycles. The molecule has 1 aromatic carbocycles. The SMILES string of the molecule is COCc1ccccc1C(=O)N[C@@H]1C[C@@H](O)C12CCOCC2. The maximum Gasteiger partial charge on any atom is 0.251 e. The monoisotopic (exact) mass is 305 g/mol. The van der Waals surface area contributed by atoms with Crippen molar-refractivity contribution in [2.45, 2.75) is 38.0 Å². The number of benzene rings is 1. The first kappa shape index (κ1) is 15.5. The molecule has 1 heterocycles. The molecule has 5 heteroatoms. The summed E-state index contributed by atoms with van der Waals surface area (Å²) in [6.45, 7) is 1.73. The number of aliphatic hydroxyl groups is 1. The zero-order valence-corrected chi connectivity index (χ0v) is 12.9. The first-order chi connectivity index (χ1) is 10.7. The summed E-state index contributed by atoms with van der Waals surface area (Å²) in [5, 5.41) is 13.3. The van der Waals surface area contributed by atoms with Gasteiger partial charge in [0.25, 0.3) is 5.91 Å². The Morgan fingerprint density at radius 1 is 1.41 bits per heavy atom. The molecule has 1 spiro atoms. The summed E-state index contributed by atoms with van der Waals surface area (Å²) in [7, 11) is 1.62. The van der Waals surface area contributed by atoms with Gasteiger partial charge < -0.3 is 19.9 Å². The van der Waals surface area contributed by atoms with Crippen molar-refractivity contribution in [1.82, 2.24) is 5.32 Å². The van der Waals surface area contributed by atoms with E-state index in [1.807, 2.05) is 24.3 Å². The number of amides is 1. The van der Waals surface area contributed by atoms with Gasteiger partial charge in [0.2, 0.25) is 0 Å². The summed E-state index contributed by atoms with van der Waals surface area (Å²) in [5.41, 5.74) is 1.32. The number of aliphatic hydroxyl groups excluding tert-OH is 1. The molecule has 2 aliphatic rings. The van der Waals surface area contributed by atoms with Gasteiger partial charge in [0.05, 0.1) is 12.7 Å². The molecule has 2 fully saturated rings. The molecule has 1 aliphatic heterocycles. The molecule has 0 aromatic heterocycles. The lowest BCUT2D eigenvalue weighted by molar-refractivity contribution is -0.145. The van der Waals surface area contributed by atoms with Crippen LogP contribution in [0.3, 0.4) is 0 Å². The normalized spacial score (nSPS) is 26.5. The third-order valence-electron chi connectivity index (χ3n) is 5.11. The highest BCUT2D eigenvalue weighted by atomic mass is 16.5. The number of ether oxygens (including phenoxy) is 2. The second kappa shape index (κ2) is 6.36. The molecule has 0 radical (unpaired) electrons. The summed E-state index contributed by atoms with van der Waals surface area (Å²) in [6.07, 6.45) is 1.89. The van der Waals surface area contributed by atoms with E-state index >= 15 is 0 Å². The lowest BCUT2D eigenvalue weighted by atomic mass is 9.58. The van der Waals surface area contributed by atoms with E-state index < -0.39 is 0 Å². The maximum absolute atomic E-state index is 12.6. The second-order valence-electron chi connectivity index (χ2n) is 6.21. The van der Waals surface area contributed by atoms with E-state index in [0.717, 1.165) is 18.4 Å². The van der Waals surface area contributed by atoms with Gasteiger partial charge in [-0.15, -0.1) is 0 Å². The van der Waals surface area contributed by atoms with Crippen LogP contribution in [-0.2, 0) is 16.1 Å². The van der Waals surface area contributed by atoms with Gasteiger partial charge in [-0.05, 0) is 30.9 Å². The van der Waals surface area contributed by atoms with Crippen LogP contribution in [-0.4, -0.2) is 43.5 Å². The van der Waals surface area contributed by atoms with Crippen LogP contribution in [0.4, 0.5) is 0 Å². The van der Waals surface area contributed by atoms with Gasteiger partial charge in [-0.1, -0.05) is 18.2 Å². The van der Waals surface area contributed by atoms with E-state index in [9.17, 15) is 9.90 Å². The molecule has 0 bridgehead atoms. The number of hydrogen-bond donors (Lipinski definition) is 2. The number of rotatable bonds is 4. The van der Waals surface area contributed by atoms with Crippen LogP contribution in [0, 0.1) is 5.41 Å². The van der Waals surface area contributed by atoms with Crippen LogP contribution in [0.25, 0.3) is 0 Å². The molecule has 1 amide bonds. The highest BCUT2D eigenvalue weighted by Gasteiger charge is 2.55. The molecule has 2 atom stereocenters. The Bertz CT molecular complexity index is 539. The van der Waals surface area contributed by atoms with Crippen LogP contribution in [0.15, 0.2) is 24.3 Å². The molecule has 1 aliphatic carbocycles. The predicted octanol–water partition coefficient (Wildman–Crippen LogP) is 1.49. The smallest absolute Gasteiger partial charge is 0.251 e. The number of nitrogens with one attached hydrogen (secondary N) is 1. The van der Waals surface area contributed by atoms with Crippen LogP contribution in [0.2, 0.25) is 0 Å². The Hall–Kier alpha value is -1.43. The average molecular weight is 305 g/mol. The van der Waals surface area contributed by atoms with E-state index in [4.69, 9.17) is 9.47 Å². The number of carbonyl (C=O) groups excluding carboxylic acids is 1. The van der Waals surface area contributed by atoms with E-state index in [2.05, 4.69) is 5.32 Å². The van der Waals surface area contributed by atoms with Crippen molar-refractivity contribution in [1.29, 1.82) is 0 Å². The summed E-state index contributed by atoms with van der Waals surface area (Å²) in [6, 6.07) is 7.49. The first-order valence-electron chi connectivity index (χ1n) is 7.81. The van der Waals surface area contributed by atoms with Gasteiger partial charge >= 0.3 is 0 Å². The molecule has 1 saturated carbocycles. The number of hydrogen-bond acceptors (Lipinski definition) is 4. The third kappa shape index (κ3) is 2.64. The lowest BCUT2D eigenvalue weighted by Gasteiger charge is -2.55. The van der Waals surface area contributed by atoms with Crippen molar-refractivity contribution in [2.75, 3.05) is 20.3 Å². The molecular formula is C17H23NO4. The van der Waals surface area contributed by atoms with Crippen molar-refractivity contribution >= 4 is 5.91 Å². The first-order valence-corrected chi connectivity index (χ1v) is 7.81. The number of methoxy groups -OCH3 is 1. The zero-order valence-electron chi connectivity index (χ0n) is 12.9. The van der Waals surface area contributed by atoms with E-state index in [1.54, 1.807) is 7.11 Å². The minimum atomic E-state index is -0.337. The fourth-order valence-corrected chi connectivity index (χ4v) is 3.66. The minimum Gasteiger partial charge on any atom is -0.392 e. The standard InChI is InChI=1S/C17H23NO4/c1-21-11-12-4-2-3-5-13(12)16(20)18-14-10-15(19)17(14)6-8-22-9-7-17/h2-5,14-15,19H,6-11H2,1H3,(H,18,20)/t14-,15-/m1/s1. The highest BCUT2D eigenvalue weighted by molar-refractivity contribution is 5.96. The summed E-state index contributed by atoms with van der Waals surface area (Å²) in [4.78, 5) is 12.6. The van der Waals surface area contributed by atoms with Crippen LogP contribution in [0.5, 0.6) is 0 Å². The summed E-state index contributed by atoms with van der Waals surface area (Å²) in [5.74, 6) is -0.0876. The van der Waals surface area contributed by atoms with E-state index in [-0.39, 0.29) is 23.5 Å². The molecule has 22 heavy (non-hydrogen) atoms. The van der Waals surface area contributed by atoms with E-state index in [0.29, 0.717) is 31.8 Å². The Balaban J connectivity index is 1.72. The maximum atomic E-state index is 12.6. The van der Waals surface area contributed by atoms with Crippen molar-refractivity contribution in [3.63, 3.8) is 0 Å². The average Bonchev–Trinajstić information content (AvgIpc) is 2.56. The van der Waals surface area contributed by atoms with Crippen molar-refractivity contribution in [2.24, 2.45) is 5.41 Å². The highest BCUT2D eigenvalue weighted by Crippen LogP contribution is 2.49. The van der Waals surface area contributed by atoms with Crippen molar-refractivity contribution in [3.8, 4) is 0 Å². The quantitative estimate of drug-likeness (QED) is 0.884. The Morgan fingerprint density at radius 2 is 2.14 bits per heavy atom. The van der Waals surface area contributed by atoms with Crippen LogP contribution >= 0.6 is 0 Å². The Morgan fingerprint density at radius 3 is 2.82 bits per heavy atom.